The number of aromatic nitrogens is 2. The van der Waals surface area contributed by atoms with Gasteiger partial charge in [0.15, 0.2) is 0 Å². The van der Waals surface area contributed by atoms with E-state index in [1.54, 1.807) is 50.0 Å². The van der Waals surface area contributed by atoms with Crippen molar-refractivity contribution in [2.45, 2.75) is 70.9 Å². The fourth-order valence-electron chi connectivity index (χ4n) is 4.52. The molecule has 0 aliphatic heterocycles. The molecule has 1 aliphatic rings. The van der Waals surface area contributed by atoms with Crippen molar-refractivity contribution < 1.29 is 23.8 Å². The molecule has 8 nitrogen and oxygen atoms in total. The fourth-order valence-corrected chi connectivity index (χ4v) is 4.52. The van der Waals surface area contributed by atoms with E-state index in [0.717, 1.165) is 36.8 Å². The molecule has 2 heterocycles. The predicted molar refractivity (Wildman–Crippen MR) is 142 cm³/mol. The Hall–Kier alpha value is -3.81. The van der Waals surface area contributed by atoms with E-state index in [-0.39, 0.29) is 6.04 Å². The van der Waals surface area contributed by atoms with E-state index in [4.69, 9.17) is 14.2 Å². The number of amides is 1. The zero-order valence-corrected chi connectivity index (χ0v) is 22.0. The highest BCUT2D eigenvalue weighted by molar-refractivity contribution is 5.81. The van der Waals surface area contributed by atoms with Crippen molar-refractivity contribution in [3.63, 3.8) is 0 Å². The summed E-state index contributed by atoms with van der Waals surface area (Å²) < 4.78 is 18.2. The van der Waals surface area contributed by atoms with Crippen molar-refractivity contribution in [2.24, 2.45) is 0 Å². The Morgan fingerprint density at radius 3 is 2.43 bits per heavy atom. The molecule has 1 amide bonds. The standard InChI is InChI=1S/C29H35N3O5/c1-29(2,3)37-28(34)32-15-9-12-25(32)21-16-20(18-30-19-21)24-17-23(13-14-26(24)35-4)36-27(33)31-22-10-7-5-6-8-11-22/h9,12-19,22H,5-8,10-11H2,1-4H3,(H,31,33). The minimum atomic E-state index is -0.616. The molecule has 1 N–H and O–H groups in total. The largest absolute Gasteiger partial charge is 0.496 e. The van der Waals surface area contributed by atoms with Crippen LogP contribution in [0.3, 0.4) is 0 Å². The highest BCUT2D eigenvalue weighted by atomic mass is 16.6. The van der Waals surface area contributed by atoms with Crippen LogP contribution in [0.5, 0.6) is 11.5 Å². The van der Waals surface area contributed by atoms with Crippen molar-refractivity contribution in [3.8, 4) is 33.9 Å². The number of pyridine rings is 1. The third-order valence-electron chi connectivity index (χ3n) is 6.24. The number of hydrogen-bond donors (Lipinski definition) is 1. The molecule has 2 aromatic heterocycles. The van der Waals surface area contributed by atoms with Gasteiger partial charge in [-0.2, -0.15) is 0 Å². The van der Waals surface area contributed by atoms with Gasteiger partial charge in [0, 0.05) is 41.3 Å². The van der Waals surface area contributed by atoms with E-state index >= 15 is 0 Å². The van der Waals surface area contributed by atoms with Gasteiger partial charge in [-0.15, -0.1) is 0 Å². The molecule has 3 aromatic rings. The summed E-state index contributed by atoms with van der Waals surface area (Å²) in [6, 6.07) is 10.9. The first-order valence-corrected chi connectivity index (χ1v) is 12.8. The number of carbonyl (C=O) groups excluding carboxylic acids is 2. The zero-order valence-electron chi connectivity index (χ0n) is 22.0. The second-order valence-electron chi connectivity index (χ2n) is 10.3. The van der Waals surface area contributed by atoms with Crippen LogP contribution in [0.4, 0.5) is 9.59 Å². The molecule has 0 bridgehead atoms. The highest BCUT2D eigenvalue weighted by Gasteiger charge is 2.21. The Morgan fingerprint density at radius 1 is 1.00 bits per heavy atom. The van der Waals surface area contributed by atoms with Crippen LogP contribution in [0.2, 0.25) is 0 Å². The van der Waals surface area contributed by atoms with E-state index in [1.807, 2.05) is 32.9 Å². The minimum absolute atomic E-state index is 0.148. The summed E-state index contributed by atoms with van der Waals surface area (Å²) in [5.41, 5.74) is 2.23. The molecule has 0 spiro atoms. The molecule has 4 rings (SSSR count). The van der Waals surface area contributed by atoms with Crippen LogP contribution in [0, 0.1) is 0 Å². The van der Waals surface area contributed by atoms with Crippen LogP contribution in [0.1, 0.15) is 59.3 Å². The van der Waals surface area contributed by atoms with Crippen molar-refractivity contribution in [1.82, 2.24) is 14.9 Å². The quantitative estimate of drug-likeness (QED) is 0.383. The van der Waals surface area contributed by atoms with Crippen LogP contribution >= 0.6 is 0 Å². The maximum Gasteiger partial charge on any atom is 0.418 e. The van der Waals surface area contributed by atoms with E-state index in [2.05, 4.69) is 10.3 Å². The number of ether oxygens (including phenoxy) is 3. The summed E-state index contributed by atoms with van der Waals surface area (Å²) in [6.45, 7) is 5.48. The van der Waals surface area contributed by atoms with Crippen molar-refractivity contribution in [2.75, 3.05) is 7.11 Å². The van der Waals surface area contributed by atoms with Crippen LogP contribution in [-0.4, -0.2) is 40.5 Å². The van der Waals surface area contributed by atoms with Crippen LogP contribution in [0.25, 0.3) is 22.4 Å². The molecule has 1 saturated carbocycles. The van der Waals surface area contributed by atoms with Crippen LogP contribution < -0.4 is 14.8 Å². The number of nitrogens with zero attached hydrogens (tertiary/aromatic N) is 2. The van der Waals surface area contributed by atoms with Crippen LogP contribution in [0.15, 0.2) is 55.0 Å². The summed E-state index contributed by atoms with van der Waals surface area (Å²) in [7, 11) is 1.59. The summed E-state index contributed by atoms with van der Waals surface area (Å²) >= 11 is 0. The molecule has 0 radical (unpaired) electrons. The van der Waals surface area contributed by atoms with Gasteiger partial charge in [0.05, 0.1) is 12.8 Å². The van der Waals surface area contributed by atoms with E-state index in [0.29, 0.717) is 22.8 Å². The Balaban J connectivity index is 1.57. The second-order valence-corrected chi connectivity index (χ2v) is 10.3. The number of hydrogen-bond acceptors (Lipinski definition) is 6. The maximum absolute atomic E-state index is 12.7. The molecule has 8 heteroatoms. The van der Waals surface area contributed by atoms with Gasteiger partial charge < -0.3 is 19.5 Å². The normalized spacial score (nSPS) is 14.5. The fraction of sp³-hybridized carbons (Fsp3) is 0.414. The first-order valence-electron chi connectivity index (χ1n) is 12.8. The number of carbonyl (C=O) groups is 2. The van der Waals surface area contributed by atoms with Gasteiger partial charge in [-0.25, -0.2) is 9.59 Å². The van der Waals surface area contributed by atoms with Gasteiger partial charge >= 0.3 is 12.2 Å². The van der Waals surface area contributed by atoms with E-state index in [9.17, 15) is 9.59 Å². The molecule has 196 valence electrons. The lowest BCUT2D eigenvalue weighted by Crippen LogP contribution is -2.36. The molecular weight excluding hydrogens is 470 g/mol. The monoisotopic (exact) mass is 505 g/mol. The minimum Gasteiger partial charge on any atom is -0.496 e. The molecular formula is C29H35N3O5. The molecule has 0 atom stereocenters. The summed E-state index contributed by atoms with van der Waals surface area (Å²) in [5.74, 6) is 1.02. The average Bonchev–Trinajstić information content (AvgIpc) is 3.22. The first-order chi connectivity index (χ1) is 17.7. The number of nitrogens with one attached hydrogen (secondary N) is 1. The average molecular weight is 506 g/mol. The van der Waals surface area contributed by atoms with Gasteiger partial charge in [-0.1, -0.05) is 25.7 Å². The first kappa shape index (κ1) is 26.3. The lowest BCUT2D eigenvalue weighted by atomic mass is 10.0. The van der Waals surface area contributed by atoms with Gasteiger partial charge in [0.1, 0.15) is 17.1 Å². The SMILES string of the molecule is COc1ccc(OC(=O)NC2CCCCCC2)cc1-c1cncc(-c2cccn2C(=O)OC(C)(C)C)c1. The van der Waals surface area contributed by atoms with Crippen molar-refractivity contribution >= 4 is 12.2 Å². The second kappa shape index (κ2) is 11.5. The predicted octanol–water partition coefficient (Wildman–Crippen LogP) is 6.82. The Morgan fingerprint density at radius 2 is 1.73 bits per heavy atom. The maximum atomic E-state index is 12.7. The lowest BCUT2D eigenvalue weighted by molar-refractivity contribution is 0.0540. The molecule has 1 aromatic carbocycles. The van der Waals surface area contributed by atoms with Gasteiger partial charge in [-0.05, 0) is 70.0 Å². The van der Waals surface area contributed by atoms with Gasteiger partial charge in [0.25, 0.3) is 0 Å². The molecule has 37 heavy (non-hydrogen) atoms. The van der Waals surface area contributed by atoms with Crippen molar-refractivity contribution in [1.29, 1.82) is 0 Å². The van der Waals surface area contributed by atoms with Gasteiger partial charge in [-0.3, -0.25) is 9.55 Å². The smallest absolute Gasteiger partial charge is 0.418 e. The number of benzene rings is 1. The summed E-state index contributed by atoms with van der Waals surface area (Å²) in [5, 5.41) is 3.00. The Labute approximate surface area is 218 Å². The molecule has 1 aliphatic carbocycles. The van der Waals surface area contributed by atoms with Gasteiger partial charge in [0.2, 0.25) is 0 Å². The Bertz CT molecular complexity index is 1240. The van der Waals surface area contributed by atoms with Crippen molar-refractivity contribution in [3.05, 3.63) is 55.0 Å². The van der Waals surface area contributed by atoms with Crippen LogP contribution in [-0.2, 0) is 4.74 Å². The topological polar surface area (TPSA) is 91.7 Å². The molecule has 0 unspecified atom stereocenters. The number of methoxy groups -OCH3 is 1. The highest BCUT2D eigenvalue weighted by Crippen LogP contribution is 2.35. The van der Waals surface area contributed by atoms with E-state index in [1.165, 1.54) is 17.4 Å². The third-order valence-corrected chi connectivity index (χ3v) is 6.24. The zero-order chi connectivity index (χ0) is 26.4. The number of rotatable bonds is 5. The van der Waals surface area contributed by atoms with E-state index < -0.39 is 17.8 Å². The summed E-state index contributed by atoms with van der Waals surface area (Å²) in [6.07, 6.45) is 10.8. The third kappa shape index (κ3) is 6.90. The molecule has 1 fully saturated rings. The lowest BCUT2D eigenvalue weighted by Gasteiger charge is -2.20. The summed E-state index contributed by atoms with van der Waals surface area (Å²) in [4.78, 5) is 29.7. The molecule has 0 saturated heterocycles. The Kier molecular flexibility index (Phi) is 8.16.